The van der Waals surface area contributed by atoms with Gasteiger partial charge in [-0.05, 0) is 45.5 Å². The molecule has 0 saturated carbocycles. The van der Waals surface area contributed by atoms with Gasteiger partial charge in [-0.1, -0.05) is 103 Å². The number of rotatable bonds is 13. The minimum absolute atomic E-state index is 0.147. The van der Waals surface area contributed by atoms with Crippen molar-refractivity contribution in [3.63, 3.8) is 0 Å². The molecule has 4 N–H and O–H groups in total. The largest absolute Gasteiger partial charge is 0.426 e. The lowest BCUT2D eigenvalue weighted by Gasteiger charge is -2.17. The Labute approximate surface area is 227 Å². The van der Waals surface area contributed by atoms with Gasteiger partial charge in [-0.2, -0.15) is 0 Å². The van der Waals surface area contributed by atoms with Gasteiger partial charge in [0.1, 0.15) is 0 Å². The summed E-state index contributed by atoms with van der Waals surface area (Å²) in [6.07, 6.45) is 0. The molecule has 38 heavy (non-hydrogen) atoms. The Morgan fingerprint density at radius 2 is 0.921 bits per heavy atom. The van der Waals surface area contributed by atoms with E-state index in [-0.39, 0.29) is 13.8 Å². The fourth-order valence-corrected chi connectivity index (χ4v) is 4.54. The van der Waals surface area contributed by atoms with Crippen LogP contribution in [0.15, 0.2) is 97.1 Å². The van der Waals surface area contributed by atoms with Gasteiger partial charge >= 0.3 is 13.8 Å². The average Bonchev–Trinajstić information content (AvgIpc) is 2.96. The lowest BCUT2D eigenvalue weighted by Crippen LogP contribution is -2.46. The molecular formula is C31H36B2N2O3. The zero-order valence-electron chi connectivity index (χ0n) is 22.3. The third kappa shape index (κ3) is 7.22. The average molecular weight is 506 g/mol. The van der Waals surface area contributed by atoms with Gasteiger partial charge in [-0.25, -0.2) is 0 Å². The molecule has 0 heterocycles. The van der Waals surface area contributed by atoms with Crippen molar-refractivity contribution in [1.82, 2.24) is 0 Å². The third-order valence-corrected chi connectivity index (χ3v) is 6.54. The van der Waals surface area contributed by atoms with Crippen LogP contribution in [-0.4, -0.2) is 47.2 Å². The monoisotopic (exact) mass is 506 g/mol. The standard InChI is InChI=1S/C31H36B2N2O3/c1-24-3-11-28(12-4-24)32(37-21-19-34)30-15-7-26(8-16-30)27-9-17-31(18-10-27)33(38-22-20-35)29-13-5-25(6-14-29)23-36-2/h3-18H,19-23,34-35H2,1-2H3. The number of hydrogen-bond donors (Lipinski definition) is 2. The molecule has 0 radical (unpaired) electrons. The van der Waals surface area contributed by atoms with E-state index in [1.807, 2.05) is 0 Å². The van der Waals surface area contributed by atoms with Crippen LogP contribution in [0, 0.1) is 6.92 Å². The van der Waals surface area contributed by atoms with Crippen molar-refractivity contribution in [1.29, 1.82) is 0 Å². The fourth-order valence-electron chi connectivity index (χ4n) is 4.54. The second-order valence-corrected chi connectivity index (χ2v) is 9.41. The quantitative estimate of drug-likeness (QED) is 0.271. The van der Waals surface area contributed by atoms with Crippen molar-refractivity contribution in [3.05, 3.63) is 108 Å². The Bertz CT molecular complexity index is 1250. The minimum atomic E-state index is -0.179. The number of nitrogens with two attached hydrogens (primary N) is 2. The molecule has 4 aromatic carbocycles. The lowest BCUT2D eigenvalue weighted by atomic mass is 9.55. The molecule has 5 nitrogen and oxygen atoms in total. The highest BCUT2D eigenvalue weighted by atomic mass is 16.5. The number of ether oxygens (including phenoxy) is 1. The molecule has 0 aromatic heterocycles. The van der Waals surface area contributed by atoms with E-state index in [9.17, 15) is 0 Å². The van der Waals surface area contributed by atoms with Gasteiger partial charge in [-0.15, -0.1) is 0 Å². The maximum absolute atomic E-state index is 6.15. The summed E-state index contributed by atoms with van der Waals surface area (Å²) >= 11 is 0. The SMILES string of the molecule is COCc1ccc(B(OCCN)c2ccc(-c3ccc(B(OCCN)c4ccc(C)cc4)cc3)cc2)cc1. The van der Waals surface area contributed by atoms with Crippen LogP contribution in [0.1, 0.15) is 11.1 Å². The maximum Gasteiger partial charge on any atom is 0.361 e. The van der Waals surface area contributed by atoms with Gasteiger partial charge in [0.05, 0.1) is 6.61 Å². The van der Waals surface area contributed by atoms with Crippen LogP contribution in [0.3, 0.4) is 0 Å². The summed E-state index contributed by atoms with van der Waals surface area (Å²) in [5.41, 5.74) is 20.5. The first-order valence-electron chi connectivity index (χ1n) is 13.1. The molecule has 0 fully saturated rings. The number of aryl methyl sites for hydroxylation is 1. The van der Waals surface area contributed by atoms with Crippen molar-refractivity contribution in [2.75, 3.05) is 33.4 Å². The maximum atomic E-state index is 6.15. The Balaban J connectivity index is 1.54. The number of benzene rings is 4. The van der Waals surface area contributed by atoms with E-state index in [0.29, 0.717) is 32.9 Å². The van der Waals surface area contributed by atoms with Crippen molar-refractivity contribution < 1.29 is 14.0 Å². The molecule has 0 aliphatic heterocycles. The smallest absolute Gasteiger partial charge is 0.361 e. The van der Waals surface area contributed by atoms with Crippen LogP contribution in [0.25, 0.3) is 11.1 Å². The summed E-state index contributed by atoms with van der Waals surface area (Å²) in [5, 5.41) is 0. The molecule has 4 rings (SSSR count). The Hall–Kier alpha value is -3.19. The van der Waals surface area contributed by atoms with Crippen LogP contribution in [0.2, 0.25) is 0 Å². The molecule has 194 valence electrons. The van der Waals surface area contributed by atoms with Gasteiger partial charge in [0.25, 0.3) is 0 Å². The van der Waals surface area contributed by atoms with Crippen molar-refractivity contribution >= 4 is 35.7 Å². The summed E-state index contributed by atoms with van der Waals surface area (Å²) in [6.45, 7) is 4.30. The Kier molecular flexibility index (Phi) is 10.3. The normalized spacial score (nSPS) is 10.9. The summed E-state index contributed by atoms with van der Waals surface area (Å²) < 4.78 is 17.5. The molecule has 0 saturated heterocycles. The van der Waals surface area contributed by atoms with Crippen LogP contribution < -0.4 is 33.3 Å². The van der Waals surface area contributed by atoms with E-state index >= 15 is 0 Å². The molecule has 0 aliphatic carbocycles. The topological polar surface area (TPSA) is 79.7 Å². The van der Waals surface area contributed by atoms with Crippen LogP contribution in [-0.2, 0) is 20.7 Å². The lowest BCUT2D eigenvalue weighted by molar-refractivity contribution is 0.185. The fraction of sp³-hybridized carbons (Fsp3) is 0.226. The summed E-state index contributed by atoms with van der Waals surface area (Å²) in [4.78, 5) is 0. The second kappa shape index (κ2) is 14.1. The molecule has 0 aliphatic rings. The van der Waals surface area contributed by atoms with E-state index in [1.54, 1.807) is 7.11 Å². The molecule has 0 bridgehead atoms. The summed E-state index contributed by atoms with van der Waals surface area (Å²) in [5.74, 6) is 0. The molecule has 0 spiro atoms. The van der Waals surface area contributed by atoms with Crippen LogP contribution >= 0.6 is 0 Å². The molecule has 0 atom stereocenters. The zero-order valence-corrected chi connectivity index (χ0v) is 22.3. The van der Waals surface area contributed by atoms with Crippen molar-refractivity contribution in [2.24, 2.45) is 11.5 Å². The highest BCUT2D eigenvalue weighted by molar-refractivity contribution is 6.80. The van der Waals surface area contributed by atoms with Crippen LogP contribution in [0.5, 0.6) is 0 Å². The molecule has 0 amide bonds. The van der Waals surface area contributed by atoms with E-state index < -0.39 is 0 Å². The first-order chi connectivity index (χ1) is 18.6. The Morgan fingerprint density at radius 1 is 0.553 bits per heavy atom. The van der Waals surface area contributed by atoms with Gasteiger partial charge in [0, 0.05) is 33.4 Å². The Morgan fingerprint density at radius 3 is 1.29 bits per heavy atom. The molecule has 0 unspecified atom stereocenters. The number of methoxy groups -OCH3 is 1. The predicted octanol–water partition coefficient (Wildman–Crippen LogP) is 1.97. The van der Waals surface area contributed by atoms with E-state index in [4.69, 9.17) is 25.5 Å². The summed E-state index contributed by atoms with van der Waals surface area (Å²) in [6, 6.07) is 33.9. The number of hydrogen-bond acceptors (Lipinski definition) is 5. The second-order valence-electron chi connectivity index (χ2n) is 9.41. The van der Waals surface area contributed by atoms with Crippen LogP contribution in [0.4, 0.5) is 0 Å². The first-order valence-corrected chi connectivity index (χ1v) is 13.1. The predicted molar refractivity (Wildman–Crippen MR) is 160 cm³/mol. The third-order valence-electron chi connectivity index (χ3n) is 6.54. The highest BCUT2D eigenvalue weighted by Gasteiger charge is 2.23. The van der Waals surface area contributed by atoms with E-state index in [2.05, 4.69) is 104 Å². The molecular weight excluding hydrogens is 470 g/mol. The van der Waals surface area contributed by atoms with Crippen molar-refractivity contribution in [2.45, 2.75) is 13.5 Å². The van der Waals surface area contributed by atoms with E-state index in [1.165, 1.54) is 5.56 Å². The van der Waals surface area contributed by atoms with E-state index in [0.717, 1.165) is 38.5 Å². The summed E-state index contributed by atoms with van der Waals surface area (Å²) in [7, 11) is 1.70. The molecule has 7 heteroatoms. The van der Waals surface area contributed by atoms with Crippen molar-refractivity contribution in [3.8, 4) is 11.1 Å². The minimum Gasteiger partial charge on any atom is -0.426 e. The molecule has 4 aromatic rings. The van der Waals surface area contributed by atoms with Gasteiger partial charge in [0.15, 0.2) is 0 Å². The van der Waals surface area contributed by atoms with Gasteiger partial charge < -0.3 is 25.5 Å². The van der Waals surface area contributed by atoms with Gasteiger partial charge in [0.2, 0.25) is 0 Å². The zero-order chi connectivity index (χ0) is 26.7. The first kappa shape index (κ1) is 27.8. The van der Waals surface area contributed by atoms with Gasteiger partial charge in [-0.3, -0.25) is 0 Å². The highest BCUT2D eigenvalue weighted by Crippen LogP contribution is 2.17.